The second-order valence-corrected chi connectivity index (χ2v) is 9.06. The lowest BCUT2D eigenvalue weighted by molar-refractivity contribution is 0.0939. The number of amides is 1. The van der Waals surface area contributed by atoms with Crippen LogP contribution in [0.1, 0.15) is 67.1 Å². The maximum absolute atomic E-state index is 12.8. The summed E-state index contributed by atoms with van der Waals surface area (Å²) in [6.45, 7) is 8.87. The third-order valence-corrected chi connectivity index (χ3v) is 6.09. The Kier molecular flexibility index (Phi) is 9.73. The fraction of sp³-hybridized carbons (Fsp3) is 0.429. The molecule has 1 amide bonds. The molecule has 1 saturated heterocycles. The molecule has 0 bridgehead atoms. The molecule has 2 aromatic carbocycles. The first-order valence-electron chi connectivity index (χ1n) is 12.5. The Labute approximate surface area is 209 Å². The summed E-state index contributed by atoms with van der Waals surface area (Å²) in [6, 6.07) is 11.1. The largest absolute Gasteiger partial charge is 0.494 e. The number of nitrogens with one attached hydrogen (secondary N) is 2. The first-order chi connectivity index (χ1) is 16.9. The van der Waals surface area contributed by atoms with Gasteiger partial charge in [-0.25, -0.2) is 0 Å². The van der Waals surface area contributed by atoms with Gasteiger partial charge in [0.15, 0.2) is 0 Å². The normalized spacial score (nSPS) is 14.3. The minimum Gasteiger partial charge on any atom is -0.494 e. The Morgan fingerprint density at radius 1 is 1.14 bits per heavy atom. The van der Waals surface area contributed by atoms with E-state index < -0.39 is 0 Å². The number of benzene rings is 2. The van der Waals surface area contributed by atoms with Gasteiger partial charge < -0.3 is 21.1 Å². The minimum atomic E-state index is -0.204. The molecule has 188 valence electrons. The van der Waals surface area contributed by atoms with Gasteiger partial charge in [0.1, 0.15) is 5.75 Å². The van der Waals surface area contributed by atoms with Crippen molar-refractivity contribution in [3.63, 3.8) is 0 Å². The molecule has 3 aromatic rings. The van der Waals surface area contributed by atoms with Crippen LogP contribution in [0.25, 0.3) is 11.1 Å². The van der Waals surface area contributed by atoms with E-state index in [-0.39, 0.29) is 11.9 Å². The van der Waals surface area contributed by atoms with Gasteiger partial charge in [0.05, 0.1) is 18.8 Å². The molecule has 1 aliphatic heterocycles. The van der Waals surface area contributed by atoms with Crippen LogP contribution in [0.5, 0.6) is 5.75 Å². The molecular weight excluding hydrogens is 438 g/mol. The Morgan fingerprint density at radius 3 is 2.54 bits per heavy atom. The van der Waals surface area contributed by atoms with E-state index in [0.29, 0.717) is 17.9 Å². The molecule has 0 radical (unpaired) electrons. The Morgan fingerprint density at radius 2 is 1.89 bits per heavy atom. The maximum atomic E-state index is 12.8. The molecule has 0 spiro atoms. The molecule has 0 saturated carbocycles. The predicted molar refractivity (Wildman–Crippen MR) is 143 cm³/mol. The van der Waals surface area contributed by atoms with Crippen LogP contribution in [0, 0.1) is 6.92 Å². The first-order valence-corrected chi connectivity index (χ1v) is 12.5. The van der Waals surface area contributed by atoms with Gasteiger partial charge in [0, 0.05) is 30.1 Å². The zero-order valence-electron chi connectivity index (χ0n) is 21.4. The van der Waals surface area contributed by atoms with E-state index in [2.05, 4.69) is 21.8 Å². The highest BCUT2D eigenvalue weighted by molar-refractivity contribution is 5.96. The van der Waals surface area contributed by atoms with Crippen LogP contribution >= 0.6 is 0 Å². The molecule has 7 nitrogen and oxygen atoms in total. The number of anilines is 1. The minimum absolute atomic E-state index is 0.151. The maximum Gasteiger partial charge on any atom is 0.252 e. The second kappa shape index (κ2) is 13.0. The van der Waals surface area contributed by atoms with Gasteiger partial charge in [0.2, 0.25) is 0 Å². The smallest absolute Gasteiger partial charge is 0.252 e. The van der Waals surface area contributed by atoms with E-state index in [1.165, 1.54) is 38.8 Å². The van der Waals surface area contributed by atoms with Crippen molar-refractivity contribution in [3.05, 3.63) is 65.5 Å². The number of aromatic nitrogens is 2. The molecule has 1 atom stereocenters. The first kappa shape index (κ1) is 26.3. The van der Waals surface area contributed by atoms with Crippen LogP contribution in [0.4, 0.5) is 5.69 Å². The number of nitrogens with zero attached hydrogens (tertiary/aromatic N) is 2. The molecular formula is C28H39N5O2. The quantitative estimate of drug-likeness (QED) is 0.434. The van der Waals surface area contributed by atoms with Crippen molar-refractivity contribution < 1.29 is 9.53 Å². The van der Waals surface area contributed by atoms with Gasteiger partial charge in [0.25, 0.3) is 5.91 Å². The molecule has 2 heterocycles. The topological polar surface area (TPSA) is 94.2 Å². The fourth-order valence-electron chi connectivity index (χ4n) is 4.08. The number of carbonyl (C=O) groups is 1. The third kappa shape index (κ3) is 7.86. The Balaban J connectivity index is 0.000000420. The van der Waals surface area contributed by atoms with Crippen LogP contribution in [0.3, 0.4) is 0 Å². The van der Waals surface area contributed by atoms with Gasteiger partial charge in [-0.3, -0.25) is 9.48 Å². The average Bonchev–Trinajstić information content (AvgIpc) is 3.07. The molecule has 0 aliphatic carbocycles. The van der Waals surface area contributed by atoms with Crippen molar-refractivity contribution in [1.82, 2.24) is 20.4 Å². The molecule has 1 aromatic heterocycles. The van der Waals surface area contributed by atoms with E-state index in [4.69, 9.17) is 10.5 Å². The van der Waals surface area contributed by atoms with Crippen LogP contribution in [-0.4, -0.2) is 35.4 Å². The van der Waals surface area contributed by atoms with Crippen molar-refractivity contribution in [2.24, 2.45) is 7.05 Å². The molecule has 4 rings (SSSR count). The molecule has 4 N–H and O–H groups in total. The predicted octanol–water partition coefficient (Wildman–Crippen LogP) is 5.02. The van der Waals surface area contributed by atoms with Crippen molar-refractivity contribution >= 4 is 11.6 Å². The lowest BCUT2D eigenvalue weighted by Crippen LogP contribution is -2.27. The monoisotopic (exact) mass is 477 g/mol. The summed E-state index contributed by atoms with van der Waals surface area (Å²) in [5.74, 6) is 0.613. The van der Waals surface area contributed by atoms with Crippen LogP contribution in [0.15, 0.2) is 48.8 Å². The zero-order valence-corrected chi connectivity index (χ0v) is 21.4. The fourth-order valence-corrected chi connectivity index (χ4v) is 4.08. The van der Waals surface area contributed by atoms with Gasteiger partial charge in [-0.2, -0.15) is 5.10 Å². The van der Waals surface area contributed by atoms with E-state index in [1.807, 2.05) is 58.4 Å². The standard InChI is InChI=1S/C22H26N4O2.C6H13N/c1-5-28-20-9-16(8-17(10-20)18-12-24-26(4)13-18)15(3)25-22(27)21-11-19(23)7-6-14(21)2;1-2-4-6-7-5-3-1/h6-13,15H,5,23H2,1-4H3,(H,25,27);7H,1-6H2. The van der Waals surface area contributed by atoms with Crippen LogP contribution in [-0.2, 0) is 7.05 Å². The van der Waals surface area contributed by atoms with E-state index in [9.17, 15) is 4.79 Å². The van der Waals surface area contributed by atoms with Crippen molar-refractivity contribution in [3.8, 4) is 16.9 Å². The Bertz CT molecular complexity index is 1090. The van der Waals surface area contributed by atoms with Crippen LogP contribution < -0.4 is 21.1 Å². The van der Waals surface area contributed by atoms with Gasteiger partial charge in [-0.05, 0) is 93.7 Å². The number of nitrogens with two attached hydrogens (primary N) is 1. The molecule has 1 fully saturated rings. The number of carbonyl (C=O) groups excluding carboxylic acids is 1. The lowest BCUT2D eigenvalue weighted by atomic mass is 10.0. The summed E-state index contributed by atoms with van der Waals surface area (Å²) in [7, 11) is 1.88. The highest BCUT2D eigenvalue weighted by Crippen LogP contribution is 2.29. The van der Waals surface area contributed by atoms with E-state index in [1.54, 1.807) is 16.8 Å². The number of hydrogen-bond acceptors (Lipinski definition) is 5. The summed E-state index contributed by atoms with van der Waals surface area (Å²) in [6.07, 6.45) is 9.42. The summed E-state index contributed by atoms with van der Waals surface area (Å²) in [4.78, 5) is 12.8. The average molecular weight is 478 g/mol. The van der Waals surface area contributed by atoms with E-state index >= 15 is 0 Å². The number of rotatable bonds is 6. The van der Waals surface area contributed by atoms with Crippen LogP contribution in [0.2, 0.25) is 0 Å². The number of hydrogen-bond donors (Lipinski definition) is 3. The lowest BCUT2D eigenvalue weighted by Gasteiger charge is -2.18. The second-order valence-electron chi connectivity index (χ2n) is 9.06. The molecule has 1 unspecified atom stereocenters. The van der Waals surface area contributed by atoms with Crippen molar-refractivity contribution in [2.45, 2.75) is 52.5 Å². The van der Waals surface area contributed by atoms with Gasteiger partial charge in [-0.15, -0.1) is 0 Å². The molecule has 7 heteroatoms. The molecule has 35 heavy (non-hydrogen) atoms. The third-order valence-electron chi connectivity index (χ3n) is 6.09. The van der Waals surface area contributed by atoms with Crippen molar-refractivity contribution in [1.29, 1.82) is 0 Å². The number of nitrogen functional groups attached to an aromatic ring is 1. The van der Waals surface area contributed by atoms with Gasteiger partial charge in [-0.1, -0.05) is 18.9 Å². The summed E-state index contributed by atoms with van der Waals surface area (Å²) in [5, 5.41) is 10.7. The highest BCUT2D eigenvalue weighted by atomic mass is 16.5. The van der Waals surface area contributed by atoms with Gasteiger partial charge >= 0.3 is 0 Å². The SMILES string of the molecule is C1CCCNCC1.CCOc1cc(-c2cnn(C)c2)cc(C(C)NC(=O)c2cc(N)ccc2C)c1. The highest BCUT2D eigenvalue weighted by Gasteiger charge is 2.16. The summed E-state index contributed by atoms with van der Waals surface area (Å²) < 4.78 is 7.49. The summed E-state index contributed by atoms with van der Waals surface area (Å²) >= 11 is 0. The number of aryl methyl sites for hydroxylation is 2. The Hall–Kier alpha value is -3.32. The molecule has 1 aliphatic rings. The number of ether oxygens (including phenoxy) is 1. The van der Waals surface area contributed by atoms with E-state index in [0.717, 1.165) is 28.0 Å². The van der Waals surface area contributed by atoms with Crippen molar-refractivity contribution in [2.75, 3.05) is 25.4 Å². The zero-order chi connectivity index (χ0) is 25.2. The summed E-state index contributed by atoms with van der Waals surface area (Å²) in [5.41, 5.74) is 10.8.